The maximum atomic E-state index is 12.6. The van der Waals surface area contributed by atoms with Gasteiger partial charge in [-0.25, -0.2) is 15.8 Å². The molecule has 0 saturated heterocycles. The molecule has 0 radical (unpaired) electrons. The van der Waals surface area contributed by atoms with Crippen LogP contribution in [0.5, 0.6) is 5.75 Å². The van der Waals surface area contributed by atoms with E-state index < -0.39 is 0 Å². The molecule has 2 heterocycles. The average molecular weight is 666 g/mol. The number of thioether (sulfide) groups is 1. The number of hydrazine groups is 1. The SMILES string of the molecule is CC(Sc1c(Cl)cccc1Cl)c1ccc(OCCc2ccccc2)c(C=CC(=O)NCCCNC(=O)c2ccc(NN)nc2)n1. The van der Waals surface area contributed by atoms with Gasteiger partial charge >= 0.3 is 0 Å². The summed E-state index contributed by atoms with van der Waals surface area (Å²) in [5.74, 6) is 5.78. The van der Waals surface area contributed by atoms with Crippen molar-refractivity contribution in [2.45, 2.75) is 29.9 Å². The molecule has 0 aliphatic heterocycles. The molecule has 4 rings (SSSR count). The first kappa shape index (κ1) is 33.8. The molecule has 0 aliphatic rings. The van der Waals surface area contributed by atoms with E-state index in [1.807, 2.05) is 43.3 Å². The van der Waals surface area contributed by atoms with Crippen molar-refractivity contribution in [3.8, 4) is 5.75 Å². The molecule has 234 valence electrons. The van der Waals surface area contributed by atoms with Crippen molar-refractivity contribution in [3.63, 3.8) is 0 Å². The summed E-state index contributed by atoms with van der Waals surface area (Å²) < 4.78 is 6.10. The third-order valence-electron chi connectivity index (χ3n) is 6.53. The number of halogens is 2. The topological polar surface area (TPSA) is 131 Å². The van der Waals surface area contributed by atoms with Gasteiger partial charge in [-0.1, -0.05) is 59.6 Å². The number of hydrogen-bond donors (Lipinski definition) is 4. The van der Waals surface area contributed by atoms with Crippen molar-refractivity contribution in [2.24, 2.45) is 5.84 Å². The van der Waals surface area contributed by atoms with E-state index in [4.69, 9.17) is 38.8 Å². The summed E-state index contributed by atoms with van der Waals surface area (Å²) >= 11 is 14.3. The quantitative estimate of drug-likeness (QED) is 0.0373. The van der Waals surface area contributed by atoms with Gasteiger partial charge in [0.2, 0.25) is 5.91 Å². The molecular formula is C33H34Cl2N6O3S. The highest BCUT2D eigenvalue weighted by atomic mass is 35.5. The van der Waals surface area contributed by atoms with E-state index in [1.54, 1.807) is 30.3 Å². The standard InChI is InChI=1S/C33H34Cl2N6O3S/c1-22(45-32-25(34)9-5-10-26(32)35)27-12-14-29(44-20-17-23-7-3-2-4-8-23)28(40-27)13-16-31(42)37-18-6-19-38-33(43)24-11-15-30(41-36)39-21-24/h2-5,7-16,21-22H,6,17-20,36H2,1H3,(H,37,42)(H,38,43)(H,39,41). The molecule has 5 N–H and O–H groups in total. The Labute approximate surface area is 276 Å². The molecule has 4 aromatic rings. The van der Waals surface area contributed by atoms with Gasteiger partial charge in [0.15, 0.2) is 0 Å². The highest BCUT2D eigenvalue weighted by Gasteiger charge is 2.16. The first-order valence-corrected chi connectivity index (χ1v) is 15.9. The van der Waals surface area contributed by atoms with Crippen LogP contribution in [-0.4, -0.2) is 41.5 Å². The zero-order valence-corrected chi connectivity index (χ0v) is 27.0. The molecule has 1 atom stereocenters. The molecule has 0 bridgehead atoms. The number of aromatic nitrogens is 2. The molecule has 12 heteroatoms. The Kier molecular flexibility index (Phi) is 13.1. The number of benzene rings is 2. The van der Waals surface area contributed by atoms with Crippen LogP contribution in [0.4, 0.5) is 5.82 Å². The number of nitrogens with two attached hydrogens (primary N) is 1. The van der Waals surface area contributed by atoms with Gasteiger partial charge in [-0.05, 0) is 61.4 Å². The lowest BCUT2D eigenvalue weighted by atomic mass is 10.2. The minimum atomic E-state index is -0.289. The largest absolute Gasteiger partial charge is 0.491 e. The number of ether oxygens (including phenoxy) is 1. The van der Waals surface area contributed by atoms with Gasteiger partial charge in [0, 0.05) is 41.9 Å². The van der Waals surface area contributed by atoms with Crippen LogP contribution in [-0.2, 0) is 11.2 Å². The second-order valence-electron chi connectivity index (χ2n) is 9.82. The first-order valence-electron chi connectivity index (χ1n) is 14.3. The number of carbonyl (C=O) groups excluding carboxylic acids is 2. The summed E-state index contributed by atoms with van der Waals surface area (Å²) in [6.45, 7) is 3.23. The fourth-order valence-electron chi connectivity index (χ4n) is 4.13. The fourth-order valence-corrected chi connectivity index (χ4v) is 5.76. The van der Waals surface area contributed by atoms with Gasteiger partial charge < -0.3 is 20.8 Å². The number of carbonyl (C=O) groups is 2. The fraction of sp³-hybridized carbons (Fsp3) is 0.212. The number of rotatable bonds is 15. The number of nitrogen functional groups attached to an aromatic ring is 1. The maximum absolute atomic E-state index is 12.6. The molecule has 0 spiro atoms. The molecular weight excluding hydrogens is 631 g/mol. The Bertz CT molecular complexity index is 1590. The highest BCUT2D eigenvalue weighted by Crippen LogP contribution is 2.42. The van der Waals surface area contributed by atoms with Crippen LogP contribution in [0.15, 0.2) is 90.0 Å². The third kappa shape index (κ3) is 10.5. The van der Waals surface area contributed by atoms with Crippen molar-refractivity contribution in [3.05, 3.63) is 118 Å². The van der Waals surface area contributed by atoms with Crippen LogP contribution in [0.1, 0.15) is 45.9 Å². The zero-order valence-electron chi connectivity index (χ0n) is 24.6. The number of amides is 2. The summed E-state index contributed by atoms with van der Waals surface area (Å²) in [4.78, 5) is 34.5. The van der Waals surface area contributed by atoms with E-state index in [1.165, 1.54) is 24.0 Å². The van der Waals surface area contributed by atoms with Crippen LogP contribution < -0.4 is 26.6 Å². The van der Waals surface area contributed by atoms with E-state index in [-0.39, 0.29) is 17.1 Å². The van der Waals surface area contributed by atoms with E-state index in [0.717, 1.165) is 22.6 Å². The zero-order chi connectivity index (χ0) is 32.0. The van der Waals surface area contributed by atoms with Gasteiger partial charge in [0.1, 0.15) is 17.3 Å². The van der Waals surface area contributed by atoms with Gasteiger partial charge in [0.25, 0.3) is 5.91 Å². The Morgan fingerprint density at radius 1 is 0.978 bits per heavy atom. The predicted molar refractivity (Wildman–Crippen MR) is 182 cm³/mol. The Hall–Kier alpha value is -4.09. The molecule has 0 saturated carbocycles. The second kappa shape index (κ2) is 17.4. The second-order valence-corrected chi connectivity index (χ2v) is 12.0. The monoisotopic (exact) mass is 664 g/mol. The van der Waals surface area contributed by atoms with Crippen molar-refractivity contribution in [1.29, 1.82) is 0 Å². The molecule has 0 aliphatic carbocycles. The van der Waals surface area contributed by atoms with Gasteiger partial charge in [-0.3, -0.25) is 9.59 Å². The molecule has 45 heavy (non-hydrogen) atoms. The van der Waals surface area contributed by atoms with Crippen LogP contribution in [0.2, 0.25) is 10.0 Å². The minimum absolute atomic E-state index is 0.0806. The third-order valence-corrected chi connectivity index (χ3v) is 8.66. The lowest BCUT2D eigenvalue weighted by molar-refractivity contribution is -0.116. The van der Waals surface area contributed by atoms with Crippen LogP contribution >= 0.6 is 35.0 Å². The van der Waals surface area contributed by atoms with Crippen LogP contribution in [0.3, 0.4) is 0 Å². The van der Waals surface area contributed by atoms with Crippen molar-refractivity contribution < 1.29 is 14.3 Å². The summed E-state index contributed by atoms with van der Waals surface area (Å²) in [6.07, 6.45) is 5.78. The van der Waals surface area contributed by atoms with Gasteiger partial charge in [-0.15, -0.1) is 11.8 Å². The molecule has 2 amide bonds. The highest BCUT2D eigenvalue weighted by molar-refractivity contribution is 7.99. The van der Waals surface area contributed by atoms with Crippen molar-refractivity contribution in [2.75, 3.05) is 25.1 Å². The number of pyridine rings is 2. The van der Waals surface area contributed by atoms with Crippen LogP contribution in [0, 0.1) is 0 Å². The number of nitrogens with one attached hydrogen (secondary N) is 3. The van der Waals surface area contributed by atoms with E-state index in [9.17, 15) is 9.59 Å². The normalized spacial score (nSPS) is 11.6. The Morgan fingerprint density at radius 2 is 1.73 bits per heavy atom. The van der Waals surface area contributed by atoms with E-state index >= 15 is 0 Å². The summed E-state index contributed by atoms with van der Waals surface area (Å²) in [7, 11) is 0. The number of nitrogens with zero attached hydrogens (tertiary/aromatic N) is 2. The van der Waals surface area contributed by atoms with Crippen molar-refractivity contribution in [1.82, 2.24) is 20.6 Å². The molecule has 2 aromatic heterocycles. The summed E-state index contributed by atoms with van der Waals surface area (Å²) in [5, 5.41) is 6.71. The Morgan fingerprint density at radius 3 is 2.44 bits per heavy atom. The molecule has 1 unspecified atom stereocenters. The van der Waals surface area contributed by atoms with Gasteiger partial charge in [0.05, 0.1) is 27.9 Å². The number of hydrogen-bond acceptors (Lipinski definition) is 8. The minimum Gasteiger partial charge on any atom is -0.491 e. The summed E-state index contributed by atoms with van der Waals surface area (Å²) in [5.41, 5.74) is 5.31. The first-order chi connectivity index (χ1) is 21.8. The smallest absolute Gasteiger partial charge is 0.252 e. The molecule has 0 fully saturated rings. The average Bonchev–Trinajstić information content (AvgIpc) is 3.06. The Balaban J connectivity index is 1.35. The van der Waals surface area contributed by atoms with E-state index in [0.29, 0.717) is 59.0 Å². The van der Waals surface area contributed by atoms with E-state index in [2.05, 4.69) is 33.2 Å². The number of anilines is 1. The predicted octanol–water partition coefficient (Wildman–Crippen LogP) is 6.49. The van der Waals surface area contributed by atoms with Crippen molar-refractivity contribution >= 4 is 58.7 Å². The lowest BCUT2D eigenvalue weighted by Gasteiger charge is -2.16. The van der Waals surface area contributed by atoms with Crippen LogP contribution in [0.25, 0.3) is 6.08 Å². The molecule has 9 nitrogen and oxygen atoms in total. The maximum Gasteiger partial charge on any atom is 0.252 e. The lowest BCUT2D eigenvalue weighted by Crippen LogP contribution is -2.29. The summed E-state index contributed by atoms with van der Waals surface area (Å²) in [6, 6.07) is 22.5. The van der Waals surface area contributed by atoms with Gasteiger partial charge in [-0.2, -0.15) is 0 Å². The molecule has 2 aromatic carbocycles.